The van der Waals surface area contributed by atoms with Gasteiger partial charge in [-0.3, -0.25) is 14.4 Å². The maximum Gasteiger partial charge on any atom is 0.313 e. The first-order valence-electron chi connectivity index (χ1n) is 7.70. The monoisotopic (exact) mass is 388 g/mol. The van der Waals surface area contributed by atoms with E-state index in [1.54, 1.807) is 31.2 Å². The second kappa shape index (κ2) is 9.17. The number of hydrogen-bond donors (Lipinski definition) is 1. The molecule has 6 nitrogen and oxygen atoms in total. The van der Waals surface area contributed by atoms with E-state index in [-0.39, 0.29) is 34.3 Å². The first-order chi connectivity index (χ1) is 12.5. The van der Waals surface area contributed by atoms with Crippen LogP contribution in [0.25, 0.3) is 0 Å². The minimum atomic E-state index is -0.641. The number of ether oxygens (including phenoxy) is 1. The van der Waals surface area contributed by atoms with Gasteiger partial charge in [0.1, 0.15) is 18.1 Å². The van der Waals surface area contributed by atoms with Crippen LogP contribution in [0.3, 0.4) is 0 Å². The molecular weight excluding hydrogens is 372 g/mol. The van der Waals surface area contributed by atoms with E-state index in [0.29, 0.717) is 9.77 Å². The molecule has 0 aliphatic rings. The maximum atomic E-state index is 12.2. The van der Waals surface area contributed by atoms with Crippen molar-refractivity contribution in [2.24, 2.45) is 0 Å². The second-order valence-electron chi connectivity index (χ2n) is 5.10. The molecule has 2 aromatic rings. The lowest BCUT2D eigenvalue weighted by atomic mass is 10.2. The fraction of sp³-hybridized carbons (Fsp3) is 0.222. The van der Waals surface area contributed by atoms with Crippen molar-refractivity contribution in [2.75, 3.05) is 18.1 Å². The molecular formula is C18H16N2O4S2. The van der Waals surface area contributed by atoms with Gasteiger partial charge in [-0.25, -0.2) is 0 Å². The number of thiophene rings is 1. The van der Waals surface area contributed by atoms with E-state index in [1.807, 2.05) is 12.1 Å². The Hall–Kier alpha value is -2.63. The summed E-state index contributed by atoms with van der Waals surface area (Å²) in [6.45, 7) is 1.83. The number of nitrogen functional groups attached to an aromatic ring is 1. The molecule has 1 aromatic heterocycles. The van der Waals surface area contributed by atoms with Crippen LogP contribution in [0, 0.1) is 11.3 Å². The van der Waals surface area contributed by atoms with Crippen LogP contribution < -0.4 is 5.73 Å². The third-order valence-electron chi connectivity index (χ3n) is 3.32. The fourth-order valence-corrected chi connectivity index (χ4v) is 4.33. The number of Topliss-reactive ketones (excluding diaryl/α,β-unsaturated/α-hetero) is 2. The molecule has 8 heteroatoms. The summed E-state index contributed by atoms with van der Waals surface area (Å²) in [6, 6.07) is 10.8. The van der Waals surface area contributed by atoms with Crippen molar-refractivity contribution in [2.45, 2.75) is 17.6 Å². The quantitative estimate of drug-likeness (QED) is 0.320. The summed E-state index contributed by atoms with van der Waals surface area (Å²) in [5.74, 6) is -1.11. The number of ketones is 2. The molecule has 0 amide bonds. The topological polar surface area (TPSA) is 110 Å². The number of thioether (sulfide) groups is 1. The minimum absolute atomic E-state index is 0.0430. The Morgan fingerprint density at radius 1 is 1.23 bits per heavy atom. The van der Waals surface area contributed by atoms with E-state index < -0.39 is 18.2 Å². The second-order valence-corrected chi connectivity index (χ2v) is 7.37. The lowest BCUT2D eigenvalue weighted by Crippen LogP contribution is -2.11. The molecule has 134 valence electrons. The SMILES string of the molecule is CCOC(=O)CC(=O)c1sc(SCC(=O)c2ccccc2)c(C#N)c1N. The molecule has 1 heterocycles. The van der Waals surface area contributed by atoms with E-state index in [2.05, 4.69) is 0 Å². The number of nitrogens with two attached hydrogens (primary N) is 1. The molecule has 0 aliphatic heterocycles. The molecule has 0 aliphatic carbocycles. The zero-order valence-electron chi connectivity index (χ0n) is 14.0. The Kier molecular flexibility index (Phi) is 6.95. The third-order valence-corrected chi connectivity index (χ3v) is 5.84. The molecule has 0 saturated heterocycles. The highest BCUT2D eigenvalue weighted by Crippen LogP contribution is 2.38. The molecule has 1 aromatic carbocycles. The van der Waals surface area contributed by atoms with Gasteiger partial charge < -0.3 is 10.5 Å². The van der Waals surface area contributed by atoms with Crippen LogP contribution in [-0.4, -0.2) is 29.9 Å². The summed E-state index contributed by atoms with van der Waals surface area (Å²) in [4.78, 5) is 36.1. The average Bonchev–Trinajstić information content (AvgIpc) is 2.96. The van der Waals surface area contributed by atoms with E-state index in [9.17, 15) is 19.6 Å². The predicted molar refractivity (Wildman–Crippen MR) is 101 cm³/mol. The molecule has 0 spiro atoms. The third kappa shape index (κ3) is 4.71. The van der Waals surface area contributed by atoms with Crippen LogP contribution in [0.1, 0.15) is 38.9 Å². The molecule has 0 atom stereocenters. The van der Waals surface area contributed by atoms with Gasteiger partial charge in [0.05, 0.1) is 27.1 Å². The normalized spacial score (nSPS) is 10.2. The standard InChI is InChI=1S/C18H16N2O4S2/c1-2-24-15(23)8-13(21)17-16(20)12(9-19)18(26-17)25-10-14(22)11-6-4-3-5-7-11/h3-7H,2,8,10,20H2,1H3. The van der Waals surface area contributed by atoms with Crippen molar-refractivity contribution < 1.29 is 19.1 Å². The van der Waals surface area contributed by atoms with Crippen LogP contribution in [0.4, 0.5) is 5.69 Å². The van der Waals surface area contributed by atoms with Crippen LogP contribution in [0.2, 0.25) is 0 Å². The Bertz CT molecular complexity index is 869. The lowest BCUT2D eigenvalue weighted by molar-refractivity contribution is -0.141. The molecule has 26 heavy (non-hydrogen) atoms. The van der Waals surface area contributed by atoms with Crippen molar-refractivity contribution in [1.82, 2.24) is 0 Å². The number of carbonyl (C=O) groups excluding carboxylic acids is 3. The molecule has 0 bridgehead atoms. The Balaban J connectivity index is 2.14. The summed E-state index contributed by atoms with van der Waals surface area (Å²) in [5.41, 5.74) is 6.67. The fourth-order valence-electron chi connectivity index (χ4n) is 2.10. The number of hydrogen-bond acceptors (Lipinski definition) is 8. The minimum Gasteiger partial charge on any atom is -0.466 e. The number of esters is 1. The maximum absolute atomic E-state index is 12.2. The van der Waals surface area contributed by atoms with Crippen molar-refractivity contribution in [3.63, 3.8) is 0 Å². The average molecular weight is 388 g/mol. The molecule has 0 unspecified atom stereocenters. The van der Waals surface area contributed by atoms with Crippen LogP contribution in [-0.2, 0) is 9.53 Å². The van der Waals surface area contributed by atoms with Gasteiger partial charge in [0, 0.05) is 5.56 Å². The van der Waals surface area contributed by atoms with Gasteiger partial charge in [0.15, 0.2) is 11.6 Å². The van der Waals surface area contributed by atoms with Gasteiger partial charge in [0.25, 0.3) is 0 Å². The molecule has 0 radical (unpaired) electrons. The van der Waals surface area contributed by atoms with Crippen molar-refractivity contribution in [3.8, 4) is 6.07 Å². The van der Waals surface area contributed by atoms with Crippen molar-refractivity contribution in [3.05, 3.63) is 46.3 Å². The number of rotatable bonds is 8. The number of anilines is 1. The van der Waals surface area contributed by atoms with E-state index in [0.717, 1.165) is 23.1 Å². The van der Waals surface area contributed by atoms with Crippen LogP contribution in [0.5, 0.6) is 0 Å². The van der Waals surface area contributed by atoms with Crippen LogP contribution in [0.15, 0.2) is 34.5 Å². The summed E-state index contributed by atoms with van der Waals surface area (Å²) in [6.07, 6.45) is -0.434. The van der Waals surface area contributed by atoms with Gasteiger partial charge in [-0.1, -0.05) is 30.3 Å². The first kappa shape index (κ1) is 19.7. The molecule has 0 saturated carbocycles. The Morgan fingerprint density at radius 2 is 1.92 bits per heavy atom. The van der Waals surface area contributed by atoms with Gasteiger partial charge in [-0.05, 0) is 6.92 Å². The Labute approximate surface area is 159 Å². The highest BCUT2D eigenvalue weighted by Gasteiger charge is 2.24. The summed E-state index contributed by atoms with van der Waals surface area (Å²) in [5, 5.41) is 9.32. The lowest BCUT2D eigenvalue weighted by Gasteiger charge is -2.00. The summed E-state index contributed by atoms with van der Waals surface area (Å²) >= 11 is 2.18. The smallest absolute Gasteiger partial charge is 0.313 e. The van der Waals surface area contributed by atoms with E-state index >= 15 is 0 Å². The first-order valence-corrected chi connectivity index (χ1v) is 9.50. The van der Waals surface area contributed by atoms with E-state index in [4.69, 9.17) is 10.5 Å². The van der Waals surface area contributed by atoms with Gasteiger partial charge in [-0.2, -0.15) is 5.26 Å². The van der Waals surface area contributed by atoms with Crippen molar-refractivity contribution in [1.29, 1.82) is 5.26 Å². The number of nitrogens with zero attached hydrogens (tertiary/aromatic N) is 1. The summed E-state index contributed by atoms with van der Waals surface area (Å²) in [7, 11) is 0. The highest BCUT2D eigenvalue weighted by molar-refractivity contribution is 8.01. The summed E-state index contributed by atoms with van der Waals surface area (Å²) < 4.78 is 5.24. The van der Waals surface area contributed by atoms with Crippen LogP contribution >= 0.6 is 23.1 Å². The Morgan fingerprint density at radius 3 is 2.54 bits per heavy atom. The zero-order chi connectivity index (χ0) is 19.1. The van der Waals surface area contributed by atoms with Gasteiger partial charge in [0.2, 0.25) is 0 Å². The van der Waals surface area contributed by atoms with Crippen molar-refractivity contribution >= 4 is 46.3 Å². The molecule has 0 fully saturated rings. The zero-order valence-corrected chi connectivity index (χ0v) is 15.6. The van der Waals surface area contributed by atoms with E-state index in [1.165, 1.54) is 0 Å². The number of benzene rings is 1. The van der Waals surface area contributed by atoms with Gasteiger partial charge >= 0.3 is 5.97 Å². The predicted octanol–water partition coefficient (Wildman–Crippen LogP) is 3.31. The number of carbonyl (C=O) groups is 3. The number of nitriles is 1. The highest BCUT2D eigenvalue weighted by atomic mass is 32.2. The molecule has 2 rings (SSSR count). The van der Waals surface area contributed by atoms with Gasteiger partial charge in [-0.15, -0.1) is 23.1 Å². The molecule has 2 N–H and O–H groups in total. The largest absolute Gasteiger partial charge is 0.466 e.